The molecule has 5 rings (SSSR count). The highest BCUT2D eigenvalue weighted by molar-refractivity contribution is 7.80. The summed E-state index contributed by atoms with van der Waals surface area (Å²) in [6.45, 7) is 2.05. The third kappa shape index (κ3) is 4.50. The maximum absolute atomic E-state index is 11.8. The first-order chi connectivity index (χ1) is 17.0. The zero-order valence-electron chi connectivity index (χ0n) is 19.3. The summed E-state index contributed by atoms with van der Waals surface area (Å²) < 4.78 is 13.2. The summed E-state index contributed by atoms with van der Waals surface area (Å²) in [5.41, 5.74) is 3.32. The topological polar surface area (TPSA) is 84.6 Å². The minimum atomic E-state index is -0.207. The number of benzene rings is 1. The smallest absolute Gasteiger partial charge is 0.221 e. The summed E-state index contributed by atoms with van der Waals surface area (Å²) in [6.07, 6.45) is 5.49. The standard InChI is InChI=1S/C26H25N5O3S/c1-17(32)28-21-15-18(10-11-23(21)33-2)31-25(24(29-26(31)35)20-8-3-4-12-27-20)22-9-5-13-30(22)16-19-7-6-14-34-19/h3-15,24-25H,16H2,1-2H3,(H,28,32)(H,29,35)/t24-,25+/m1/s1. The fourth-order valence-corrected chi connectivity index (χ4v) is 4.82. The molecule has 1 amide bonds. The monoisotopic (exact) mass is 487 g/mol. The first-order valence-corrected chi connectivity index (χ1v) is 11.6. The second kappa shape index (κ2) is 9.63. The number of rotatable bonds is 7. The predicted molar refractivity (Wildman–Crippen MR) is 137 cm³/mol. The van der Waals surface area contributed by atoms with Crippen LogP contribution in [0, 0.1) is 0 Å². The highest BCUT2D eigenvalue weighted by Crippen LogP contribution is 2.43. The van der Waals surface area contributed by atoms with Crippen molar-refractivity contribution >= 4 is 34.6 Å². The van der Waals surface area contributed by atoms with Gasteiger partial charge in [-0.2, -0.15) is 0 Å². The fraction of sp³-hybridized carbons (Fsp3) is 0.192. The Hall–Kier alpha value is -4.11. The van der Waals surface area contributed by atoms with Gasteiger partial charge >= 0.3 is 0 Å². The molecule has 1 aromatic carbocycles. The molecule has 0 saturated carbocycles. The van der Waals surface area contributed by atoms with Gasteiger partial charge in [-0.25, -0.2) is 0 Å². The third-order valence-electron chi connectivity index (χ3n) is 5.94. The van der Waals surface area contributed by atoms with Gasteiger partial charge in [-0.3, -0.25) is 9.78 Å². The molecule has 8 nitrogen and oxygen atoms in total. The van der Waals surface area contributed by atoms with Crippen LogP contribution in [0.15, 0.2) is 83.7 Å². The quantitative estimate of drug-likeness (QED) is 0.367. The number of nitrogens with one attached hydrogen (secondary N) is 2. The number of pyridine rings is 1. The van der Waals surface area contributed by atoms with Crippen LogP contribution in [-0.4, -0.2) is 27.7 Å². The maximum Gasteiger partial charge on any atom is 0.221 e. The number of carbonyl (C=O) groups is 1. The molecule has 0 spiro atoms. The van der Waals surface area contributed by atoms with Gasteiger partial charge in [-0.1, -0.05) is 6.07 Å². The number of furan rings is 1. The summed E-state index contributed by atoms with van der Waals surface area (Å²) in [5.74, 6) is 1.24. The van der Waals surface area contributed by atoms with Crippen LogP contribution in [0.25, 0.3) is 0 Å². The number of nitrogens with zero attached hydrogens (tertiary/aromatic N) is 3. The number of hydrogen-bond donors (Lipinski definition) is 2. The van der Waals surface area contributed by atoms with E-state index in [1.807, 2.05) is 60.8 Å². The zero-order valence-corrected chi connectivity index (χ0v) is 20.2. The average Bonchev–Trinajstić information content (AvgIpc) is 3.60. The first kappa shape index (κ1) is 22.7. The third-order valence-corrected chi connectivity index (χ3v) is 6.26. The van der Waals surface area contributed by atoms with Crippen molar-refractivity contribution < 1.29 is 13.9 Å². The summed E-state index contributed by atoms with van der Waals surface area (Å²) in [5, 5.41) is 6.89. The van der Waals surface area contributed by atoms with Crippen molar-refractivity contribution in [2.45, 2.75) is 25.6 Å². The molecule has 1 fully saturated rings. The Morgan fingerprint density at radius 3 is 2.80 bits per heavy atom. The molecule has 2 N–H and O–H groups in total. The molecule has 9 heteroatoms. The minimum absolute atomic E-state index is 0.183. The van der Waals surface area contributed by atoms with E-state index in [0.717, 1.165) is 22.8 Å². The number of thiocarbonyl (C=S) groups is 1. The number of anilines is 2. The van der Waals surface area contributed by atoms with Gasteiger partial charge in [0.2, 0.25) is 5.91 Å². The van der Waals surface area contributed by atoms with Gasteiger partial charge in [-0.05, 0) is 66.8 Å². The molecule has 1 aliphatic rings. The Morgan fingerprint density at radius 1 is 1.20 bits per heavy atom. The normalized spacial score (nSPS) is 17.3. The summed E-state index contributed by atoms with van der Waals surface area (Å²) in [6, 6.07) is 19.0. The Labute approximate surface area is 208 Å². The van der Waals surface area contributed by atoms with Crippen LogP contribution in [0.5, 0.6) is 5.75 Å². The van der Waals surface area contributed by atoms with Crippen molar-refractivity contribution in [1.29, 1.82) is 0 Å². The van der Waals surface area contributed by atoms with Crippen molar-refractivity contribution in [3.05, 3.63) is 96.5 Å². The van der Waals surface area contributed by atoms with E-state index in [4.69, 9.17) is 21.4 Å². The predicted octanol–water partition coefficient (Wildman–Crippen LogP) is 4.67. The number of aromatic nitrogens is 2. The number of amides is 1. The molecule has 35 heavy (non-hydrogen) atoms. The van der Waals surface area contributed by atoms with E-state index in [0.29, 0.717) is 23.1 Å². The molecule has 4 aromatic rings. The van der Waals surface area contributed by atoms with Crippen molar-refractivity contribution in [3.63, 3.8) is 0 Å². The Bertz CT molecular complexity index is 1340. The molecule has 0 bridgehead atoms. The van der Waals surface area contributed by atoms with Crippen LogP contribution in [0.2, 0.25) is 0 Å². The van der Waals surface area contributed by atoms with Gasteiger partial charge in [0.25, 0.3) is 0 Å². The maximum atomic E-state index is 11.8. The highest BCUT2D eigenvalue weighted by atomic mass is 32.1. The molecule has 0 unspecified atom stereocenters. The largest absolute Gasteiger partial charge is 0.495 e. The van der Waals surface area contributed by atoms with Crippen molar-refractivity contribution in [1.82, 2.24) is 14.9 Å². The lowest BCUT2D eigenvalue weighted by molar-refractivity contribution is -0.114. The highest BCUT2D eigenvalue weighted by Gasteiger charge is 2.42. The molecule has 0 aliphatic carbocycles. The fourth-order valence-electron chi connectivity index (χ4n) is 4.48. The number of carbonyl (C=O) groups excluding carboxylic acids is 1. The lowest BCUT2D eigenvalue weighted by Crippen LogP contribution is -2.30. The number of ether oxygens (including phenoxy) is 1. The van der Waals surface area contributed by atoms with Gasteiger partial charge < -0.3 is 29.3 Å². The Balaban J connectivity index is 1.61. The summed E-state index contributed by atoms with van der Waals surface area (Å²) in [7, 11) is 1.57. The first-order valence-electron chi connectivity index (χ1n) is 11.2. The molecule has 1 aliphatic heterocycles. The van der Waals surface area contributed by atoms with E-state index >= 15 is 0 Å². The second-order valence-corrected chi connectivity index (χ2v) is 8.59. The van der Waals surface area contributed by atoms with Crippen LogP contribution in [0.3, 0.4) is 0 Å². The van der Waals surface area contributed by atoms with Crippen LogP contribution in [-0.2, 0) is 11.3 Å². The summed E-state index contributed by atoms with van der Waals surface area (Å²) >= 11 is 5.84. The van der Waals surface area contributed by atoms with E-state index in [1.54, 1.807) is 19.6 Å². The van der Waals surface area contributed by atoms with E-state index in [-0.39, 0.29) is 18.0 Å². The van der Waals surface area contributed by atoms with Crippen molar-refractivity contribution in [2.24, 2.45) is 0 Å². The van der Waals surface area contributed by atoms with Crippen molar-refractivity contribution in [2.75, 3.05) is 17.3 Å². The van der Waals surface area contributed by atoms with E-state index in [1.165, 1.54) is 6.92 Å². The average molecular weight is 488 g/mol. The molecular formula is C26H25N5O3S. The van der Waals surface area contributed by atoms with E-state index < -0.39 is 0 Å². The Morgan fingerprint density at radius 2 is 2.09 bits per heavy atom. The molecule has 1 saturated heterocycles. The van der Waals surface area contributed by atoms with Crippen LogP contribution in [0.1, 0.15) is 36.2 Å². The molecular weight excluding hydrogens is 462 g/mol. The van der Waals surface area contributed by atoms with Gasteiger partial charge in [0, 0.05) is 30.7 Å². The SMILES string of the molecule is COc1ccc(N2C(=S)N[C@H](c3ccccn3)[C@@H]2c2cccn2Cc2ccco2)cc1NC(C)=O. The second-order valence-electron chi connectivity index (χ2n) is 8.20. The van der Waals surface area contributed by atoms with E-state index in [9.17, 15) is 4.79 Å². The van der Waals surface area contributed by atoms with Gasteiger partial charge in [-0.15, -0.1) is 0 Å². The molecule has 2 atom stereocenters. The molecule has 4 heterocycles. The van der Waals surface area contributed by atoms with Gasteiger partial charge in [0.05, 0.1) is 37.3 Å². The van der Waals surface area contributed by atoms with Gasteiger partial charge in [0.15, 0.2) is 5.11 Å². The lowest BCUT2D eigenvalue weighted by atomic mass is 10.0. The van der Waals surface area contributed by atoms with Crippen LogP contribution in [0.4, 0.5) is 11.4 Å². The van der Waals surface area contributed by atoms with Crippen LogP contribution < -0.4 is 20.3 Å². The molecule has 178 valence electrons. The van der Waals surface area contributed by atoms with Crippen molar-refractivity contribution in [3.8, 4) is 5.75 Å². The summed E-state index contributed by atoms with van der Waals surface area (Å²) in [4.78, 5) is 18.5. The Kier molecular flexibility index (Phi) is 6.24. The molecule has 0 radical (unpaired) electrons. The van der Waals surface area contributed by atoms with Gasteiger partial charge in [0.1, 0.15) is 17.6 Å². The zero-order chi connectivity index (χ0) is 24.4. The van der Waals surface area contributed by atoms with Crippen LogP contribution >= 0.6 is 12.2 Å². The van der Waals surface area contributed by atoms with E-state index in [2.05, 4.69) is 31.2 Å². The number of hydrogen-bond acceptors (Lipinski definition) is 5. The lowest BCUT2D eigenvalue weighted by Gasteiger charge is -2.29. The molecule has 3 aromatic heterocycles. The number of methoxy groups -OCH3 is 1. The minimum Gasteiger partial charge on any atom is -0.495 e.